The molecule has 0 amide bonds. The Morgan fingerprint density at radius 3 is 2.50 bits per heavy atom. The fourth-order valence-corrected chi connectivity index (χ4v) is 2.91. The molecule has 5 heteroatoms. The third kappa shape index (κ3) is 2.72. The number of hydrogen-bond acceptors (Lipinski definition) is 3. The number of benzene rings is 2. The average molecular weight is 316 g/mol. The Hall–Kier alpha value is -3.21. The highest BCUT2D eigenvalue weighted by molar-refractivity contribution is 5.79. The van der Waals surface area contributed by atoms with E-state index < -0.39 is 0 Å². The first kappa shape index (κ1) is 14.4. The van der Waals surface area contributed by atoms with Crippen molar-refractivity contribution in [2.24, 2.45) is 0 Å². The minimum absolute atomic E-state index is 0.00746. The molecule has 0 fully saturated rings. The highest BCUT2D eigenvalue weighted by Gasteiger charge is 2.10. The summed E-state index contributed by atoms with van der Waals surface area (Å²) in [7, 11) is 0. The van der Waals surface area contributed by atoms with Crippen LogP contribution in [0.2, 0.25) is 0 Å². The summed E-state index contributed by atoms with van der Waals surface area (Å²) in [6.07, 6.45) is 3.10. The minimum Gasteiger partial charge on any atom is -0.304 e. The van der Waals surface area contributed by atoms with Crippen molar-refractivity contribution < 1.29 is 0 Å². The van der Waals surface area contributed by atoms with Crippen LogP contribution >= 0.6 is 0 Å². The van der Waals surface area contributed by atoms with Crippen molar-refractivity contribution in [2.75, 3.05) is 0 Å². The van der Waals surface area contributed by atoms with Crippen LogP contribution in [0.3, 0.4) is 0 Å². The quantitative estimate of drug-likeness (QED) is 0.582. The molecule has 0 aliphatic heterocycles. The lowest BCUT2D eigenvalue weighted by Crippen LogP contribution is -2.26. The molecule has 5 nitrogen and oxygen atoms in total. The van der Waals surface area contributed by atoms with Crippen LogP contribution in [0.25, 0.3) is 10.9 Å². The van der Waals surface area contributed by atoms with Gasteiger partial charge in [0.15, 0.2) is 0 Å². The largest absolute Gasteiger partial charge is 0.304 e. The van der Waals surface area contributed by atoms with E-state index in [1.165, 1.54) is 6.33 Å². The van der Waals surface area contributed by atoms with E-state index in [4.69, 9.17) is 0 Å². The molecule has 4 rings (SSSR count). The highest BCUT2D eigenvalue weighted by Crippen LogP contribution is 2.15. The van der Waals surface area contributed by atoms with Crippen LogP contribution in [-0.4, -0.2) is 19.3 Å². The topological polar surface area (TPSA) is 52.7 Å². The van der Waals surface area contributed by atoms with Gasteiger partial charge < -0.3 is 4.57 Å². The Bertz CT molecular complexity index is 1020. The van der Waals surface area contributed by atoms with Crippen molar-refractivity contribution in [1.29, 1.82) is 0 Å². The maximum absolute atomic E-state index is 13.0. The lowest BCUT2D eigenvalue weighted by atomic mass is 10.1. The van der Waals surface area contributed by atoms with Crippen LogP contribution in [0.4, 0.5) is 0 Å². The number of aromatic nitrogens is 4. The summed E-state index contributed by atoms with van der Waals surface area (Å²) in [4.78, 5) is 17.0. The maximum atomic E-state index is 13.0. The van der Waals surface area contributed by atoms with Gasteiger partial charge in [0.1, 0.15) is 12.7 Å². The summed E-state index contributed by atoms with van der Waals surface area (Å²) in [6, 6.07) is 19.9. The van der Waals surface area contributed by atoms with E-state index in [1.807, 2.05) is 65.2 Å². The van der Waals surface area contributed by atoms with E-state index in [0.717, 1.165) is 16.5 Å². The van der Waals surface area contributed by atoms with Gasteiger partial charge in [0, 0.05) is 5.56 Å². The number of pyridine rings is 1. The van der Waals surface area contributed by atoms with Crippen molar-refractivity contribution in [3.05, 3.63) is 94.8 Å². The summed E-state index contributed by atoms with van der Waals surface area (Å²) >= 11 is 0. The lowest BCUT2D eigenvalue weighted by Gasteiger charge is -2.13. The van der Waals surface area contributed by atoms with E-state index >= 15 is 0 Å². The molecule has 0 N–H and O–H groups in total. The van der Waals surface area contributed by atoms with Gasteiger partial charge in [0.05, 0.1) is 18.6 Å². The second kappa shape index (κ2) is 6.12. The molecule has 0 bridgehead atoms. The molecule has 0 atom stereocenters. The van der Waals surface area contributed by atoms with E-state index in [-0.39, 0.29) is 5.56 Å². The molecule has 0 aliphatic carbocycles. The average Bonchev–Trinajstić information content (AvgIpc) is 3.12. The second-order valence-electron chi connectivity index (χ2n) is 5.70. The van der Waals surface area contributed by atoms with Gasteiger partial charge in [-0.25, -0.2) is 9.67 Å². The predicted octanol–water partition coefficient (Wildman–Crippen LogP) is 2.69. The fraction of sp³-hybridized carbons (Fsp3) is 0.105. The van der Waals surface area contributed by atoms with Crippen LogP contribution in [-0.2, 0) is 13.1 Å². The van der Waals surface area contributed by atoms with E-state index in [9.17, 15) is 4.79 Å². The molecule has 2 heterocycles. The fourth-order valence-electron chi connectivity index (χ4n) is 2.91. The zero-order valence-electron chi connectivity index (χ0n) is 13.0. The first-order valence-electron chi connectivity index (χ1n) is 7.79. The van der Waals surface area contributed by atoms with Crippen molar-refractivity contribution in [2.45, 2.75) is 13.1 Å². The third-order valence-electron chi connectivity index (χ3n) is 4.06. The molecule has 0 unspecified atom stereocenters. The molecule has 2 aromatic carbocycles. The summed E-state index contributed by atoms with van der Waals surface area (Å²) < 4.78 is 3.50. The van der Waals surface area contributed by atoms with E-state index in [2.05, 4.69) is 10.1 Å². The number of fused-ring (bicyclic) bond motifs is 1. The van der Waals surface area contributed by atoms with Gasteiger partial charge in [-0.2, -0.15) is 5.10 Å². The molecule has 0 radical (unpaired) electrons. The molecule has 0 saturated carbocycles. The molecule has 0 spiro atoms. The third-order valence-corrected chi connectivity index (χ3v) is 4.06. The Labute approximate surface area is 138 Å². The van der Waals surface area contributed by atoms with Gasteiger partial charge in [0.2, 0.25) is 0 Å². The molecule has 4 aromatic rings. The summed E-state index contributed by atoms with van der Waals surface area (Å²) in [5.41, 5.74) is 2.75. The molecular formula is C19H16N4O. The van der Waals surface area contributed by atoms with Gasteiger partial charge in [-0.05, 0) is 23.1 Å². The summed E-state index contributed by atoms with van der Waals surface area (Å²) in [5, 5.41) is 5.15. The molecule has 2 aromatic heterocycles. The Morgan fingerprint density at radius 1 is 0.917 bits per heavy atom. The van der Waals surface area contributed by atoms with Crippen LogP contribution in [0, 0.1) is 0 Å². The summed E-state index contributed by atoms with van der Waals surface area (Å²) in [5.74, 6) is 0. The van der Waals surface area contributed by atoms with Crippen molar-refractivity contribution in [3.8, 4) is 0 Å². The monoisotopic (exact) mass is 316 g/mol. The Kier molecular flexibility index (Phi) is 3.67. The van der Waals surface area contributed by atoms with Gasteiger partial charge in [-0.15, -0.1) is 0 Å². The molecule has 118 valence electrons. The molecule has 0 saturated heterocycles. The van der Waals surface area contributed by atoms with Gasteiger partial charge in [0.25, 0.3) is 5.56 Å². The SMILES string of the molecule is O=c1c(Cn2cncn2)cc2ccccc2n1Cc1ccccc1. The van der Waals surface area contributed by atoms with Crippen LogP contribution in [0.1, 0.15) is 11.1 Å². The Morgan fingerprint density at radius 2 is 1.71 bits per heavy atom. The first-order valence-corrected chi connectivity index (χ1v) is 7.79. The summed E-state index contributed by atoms with van der Waals surface area (Å²) in [6.45, 7) is 0.962. The molecule has 24 heavy (non-hydrogen) atoms. The standard InChI is InChI=1S/C19H16N4O/c24-19-17(12-22-14-20-13-21-22)10-16-8-4-5-9-18(16)23(19)11-15-6-2-1-3-7-15/h1-10,13-14H,11-12H2. The van der Waals surface area contributed by atoms with Gasteiger partial charge >= 0.3 is 0 Å². The van der Waals surface area contributed by atoms with Crippen LogP contribution in [0.15, 0.2) is 78.1 Å². The first-order chi connectivity index (χ1) is 11.8. The van der Waals surface area contributed by atoms with Gasteiger partial charge in [-0.1, -0.05) is 48.5 Å². The van der Waals surface area contributed by atoms with Crippen LogP contribution < -0.4 is 5.56 Å². The maximum Gasteiger partial charge on any atom is 0.256 e. The smallest absolute Gasteiger partial charge is 0.256 e. The highest BCUT2D eigenvalue weighted by atomic mass is 16.1. The normalized spacial score (nSPS) is 11.0. The number of nitrogens with zero attached hydrogens (tertiary/aromatic N) is 4. The number of rotatable bonds is 4. The van der Waals surface area contributed by atoms with Crippen molar-refractivity contribution in [3.63, 3.8) is 0 Å². The lowest BCUT2D eigenvalue weighted by molar-refractivity contribution is 0.667. The number of para-hydroxylation sites is 1. The zero-order valence-corrected chi connectivity index (χ0v) is 13.0. The zero-order chi connectivity index (χ0) is 16.4. The van der Waals surface area contributed by atoms with Crippen LogP contribution in [0.5, 0.6) is 0 Å². The molecular weight excluding hydrogens is 300 g/mol. The van der Waals surface area contributed by atoms with E-state index in [0.29, 0.717) is 18.7 Å². The van der Waals surface area contributed by atoms with E-state index in [1.54, 1.807) is 11.0 Å². The van der Waals surface area contributed by atoms with Gasteiger partial charge in [-0.3, -0.25) is 4.79 Å². The van der Waals surface area contributed by atoms with Crippen molar-refractivity contribution >= 4 is 10.9 Å². The van der Waals surface area contributed by atoms with Crippen molar-refractivity contribution in [1.82, 2.24) is 19.3 Å². The second-order valence-corrected chi connectivity index (χ2v) is 5.70. The predicted molar refractivity (Wildman–Crippen MR) is 92.9 cm³/mol. The minimum atomic E-state index is 0.00746. The Balaban J connectivity index is 1.86. The number of hydrogen-bond donors (Lipinski definition) is 0. The molecule has 0 aliphatic rings.